The maximum Gasteiger partial charge on any atom is 0.257 e. The first kappa shape index (κ1) is 47.6. The number of rotatable bonds is 8. The van der Waals surface area contributed by atoms with E-state index in [2.05, 4.69) is 105 Å². The SMILES string of the molecule is CN1C(C)(C)CC2(CC1(C)C)OC(C)(C)N(CC(O)CN1C(=O)C3(CC(C)(C)N(CC(O)CN4C(=O)C5(CC(C)(C)NC(C)(C)C5)OC4(C)C)C(C)(C)C3)OC1(C)C)C2=O. The van der Waals surface area contributed by atoms with Crippen LogP contribution in [0.15, 0.2) is 0 Å². The molecular formula is C46H82N6O8. The van der Waals surface area contributed by atoms with E-state index in [0.717, 1.165) is 0 Å². The van der Waals surface area contributed by atoms with Crippen molar-refractivity contribution in [1.82, 2.24) is 29.8 Å². The molecule has 3 N–H and O–H groups in total. The molecule has 0 saturated carbocycles. The van der Waals surface area contributed by atoms with Crippen LogP contribution in [0.5, 0.6) is 0 Å². The number of amides is 3. The molecule has 0 aromatic heterocycles. The molecule has 2 atom stereocenters. The Morgan fingerprint density at radius 3 is 1.05 bits per heavy atom. The number of piperidine rings is 3. The fourth-order valence-corrected chi connectivity index (χ4v) is 13.7. The number of carbonyl (C=O) groups is 3. The molecular weight excluding hydrogens is 765 g/mol. The average molecular weight is 847 g/mol. The number of aliphatic hydroxyl groups excluding tert-OH is 2. The van der Waals surface area contributed by atoms with Crippen molar-refractivity contribution in [3.05, 3.63) is 0 Å². The zero-order valence-electron chi connectivity index (χ0n) is 40.8. The van der Waals surface area contributed by atoms with Crippen molar-refractivity contribution in [2.24, 2.45) is 0 Å². The maximum absolute atomic E-state index is 14.8. The molecule has 0 bridgehead atoms. The molecule has 6 fully saturated rings. The lowest BCUT2D eigenvalue weighted by Crippen LogP contribution is -2.69. The molecule has 6 aliphatic heterocycles. The van der Waals surface area contributed by atoms with Crippen LogP contribution in [0.4, 0.5) is 0 Å². The topological polar surface area (TPSA) is 148 Å². The maximum atomic E-state index is 14.8. The van der Waals surface area contributed by atoms with Gasteiger partial charge in [-0.1, -0.05) is 0 Å². The van der Waals surface area contributed by atoms with Crippen LogP contribution < -0.4 is 5.32 Å². The summed E-state index contributed by atoms with van der Waals surface area (Å²) in [5.41, 5.74) is -8.52. The van der Waals surface area contributed by atoms with Gasteiger partial charge in [0.25, 0.3) is 17.7 Å². The summed E-state index contributed by atoms with van der Waals surface area (Å²) in [6.45, 7) is 37.0. The van der Waals surface area contributed by atoms with Gasteiger partial charge in [-0.25, -0.2) is 0 Å². The first-order valence-electron chi connectivity index (χ1n) is 22.4. The zero-order chi connectivity index (χ0) is 45.7. The normalized spacial score (nSPS) is 32.4. The van der Waals surface area contributed by atoms with Crippen molar-refractivity contribution < 1.29 is 38.8 Å². The van der Waals surface area contributed by atoms with Crippen molar-refractivity contribution in [3.8, 4) is 0 Å². The Labute approximate surface area is 361 Å². The van der Waals surface area contributed by atoms with E-state index >= 15 is 0 Å². The summed E-state index contributed by atoms with van der Waals surface area (Å²) in [4.78, 5) is 53.2. The van der Waals surface area contributed by atoms with Gasteiger partial charge in [-0.15, -0.1) is 0 Å². The van der Waals surface area contributed by atoms with E-state index in [4.69, 9.17) is 14.2 Å². The summed E-state index contributed by atoms with van der Waals surface area (Å²) in [6.07, 6.45) is 0.889. The minimum absolute atomic E-state index is 0.00862. The molecule has 6 heterocycles. The Hall–Kier alpha value is -1.91. The number of aliphatic hydroxyl groups is 2. The lowest BCUT2D eigenvalue weighted by Gasteiger charge is -2.58. The first-order valence-corrected chi connectivity index (χ1v) is 22.4. The third-order valence-electron chi connectivity index (χ3n) is 15.0. The number of carbonyl (C=O) groups excluding carboxylic acids is 3. The molecule has 0 aliphatic carbocycles. The van der Waals surface area contributed by atoms with Gasteiger partial charge in [0, 0.05) is 78.3 Å². The van der Waals surface area contributed by atoms with Gasteiger partial charge in [0.15, 0.2) is 16.8 Å². The minimum Gasteiger partial charge on any atom is -0.390 e. The Bertz CT molecular complexity index is 1700. The Morgan fingerprint density at radius 1 is 0.467 bits per heavy atom. The van der Waals surface area contributed by atoms with Gasteiger partial charge in [0.1, 0.15) is 17.2 Å². The minimum atomic E-state index is -1.18. The van der Waals surface area contributed by atoms with Crippen molar-refractivity contribution in [2.45, 2.75) is 243 Å². The molecule has 3 amide bonds. The number of nitrogens with one attached hydrogen (secondary N) is 1. The van der Waals surface area contributed by atoms with Crippen LogP contribution >= 0.6 is 0 Å². The smallest absolute Gasteiger partial charge is 0.257 e. The van der Waals surface area contributed by atoms with E-state index in [9.17, 15) is 24.6 Å². The van der Waals surface area contributed by atoms with Gasteiger partial charge in [0.2, 0.25) is 0 Å². The van der Waals surface area contributed by atoms with Crippen LogP contribution in [0.25, 0.3) is 0 Å². The van der Waals surface area contributed by atoms with E-state index in [1.807, 2.05) is 41.5 Å². The molecule has 6 rings (SSSR count). The number of β-amino-alcohol motifs (C(OH)–C–C–N with tert-alkyl or cyclic N) is 2. The summed E-state index contributed by atoms with van der Waals surface area (Å²) >= 11 is 0. The molecule has 344 valence electrons. The third-order valence-corrected chi connectivity index (χ3v) is 15.0. The summed E-state index contributed by atoms with van der Waals surface area (Å²) in [5, 5.41) is 27.3. The van der Waals surface area contributed by atoms with Crippen LogP contribution in [0.1, 0.15) is 163 Å². The number of ether oxygens (including phenoxy) is 3. The molecule has 60 heavy (non-hydrogen) atoms. The van der Waals surface area contributed by atoms with Crippen molar-refractivity contribution in [1.29, 1.82) is 0 Å². The fourth-order valence-electron chi connectivity index (χ4n) is 13.7. The summed E-state index contributed by atoms with van der Waals surface area (Å²) in [5.74, 6) is -0.396. The number of likely N-dealkylation sites (tertiary alicyclic amines) is 2. The van der Waals surface area contributed by atoms with Gasteiger partial charge in [-0.05, 0) is 132 Å². The van der Waals surface area contributed by atoms with Gasteiger partial charge in [0.05, 0.1) is 31.8 Å². The number of hydrogen-bond acceptors (Lipinski definition) is 11. The highest BCUT2D eigenvalue weighted by molar-refractivity contribution is 5.90. The van der Waals surface area contributed by atoms with Crippen LogP contribution in [-0.2, 0) is 28.6 Å². The second kappa shape index (κ2) is 13.8. The highest BCUT2D eigenvalue weighted by Crippen LogP contribution is 2.54. The first-order chi connectivity index (χ1) is 26.7. The molecule has 6 aliphatic rings. The van der Waals surface area contributed by atoms with E-state index in [0.29, 0.717) is 38.5 Å². The van der Waals surface area contributed by atoms with Gasteiger partial charge in [-0.2, -0.15) is 0 Å². The third kappa shape index (κ3) is 7.98. The van der Waals surface area contributed by atoms with Gasteiger partial charge < -0.3 is 44.4 Å². The van der Waals surface area contributed by atoms with Crippen molar-refractivity contribution in [2.75, 3.05) is 33.2 Å². The van der Waals surface area contributed by atoms with Crippen LogP contribution in [0.2, 0.25) is 0 Å². The highest BCUT2D eigenvalue weighted by atomic mass is 16.6. The van der Waals surface area contributed by atoms with E-state index in [1.165, 1.54) is 0 Å². The molecule has 0 aromatic carbocycles. The highest BCUT2D eigenvalue weighted by Gasteiger charge is 2.67. The average Bonchev–Trinajstić information content (AvgIpc) is 3.37. The Morgan fingerprint density at radius 2 is 0.733 bits per heavy atom. The zero-order valence-corrected chi connectivity index (χ0v) is 40.8. The standard InChI is InChI=1S/C46H82N6O8/c1-35(2)24-44(25-36(3,4)47-35)32(55)51(41(13,14)58-44)22-31(54)23-52-39(9,10)28-46(29-40(52,11)12)34(57)50(43(17,18)60-46)21-30(53)20-49-33(56)45(59-42(49,15)16)26-37(5,6)48(19)38(7,8)27-45/h30-31,47,53-54H,20-29H2,1-19H3. The van der Waals surface area contributed by atoms with Gasteiger partial charge >= 0.3 is 0 Å². The van der Waals surface area contributed by atoms with E-state index in [-0.39, 0.29) is 66.1 Å². The molecule has 6 saturated heterocycles. The van der Waals surface area contributed by atoms with Crippen molar-refractivity contribution in [3.63, 3.8) is 0 Å². The predicted molar refractivity (Wildman–Crippen MR) is 231 cm³/mol. The lowest BCUT2D eigenvalue weighted by atomic mass is 9.70. The second-order valence-electron chi connectivity index (χ2n) is 25.1. The molecule has 14 heteroatoms. The van der Waals surface area contributed by atoms with Crippen molar-refractivity contribution >= 4 is 17.7 Å². The number of nitrogens with zero attached hydrogens (tertiary/aromatic N) is 5. The van der Waals surface area contributed by atoms with E-state index < -0.39 is 57.3 Å². The Balaban J connectivity index is 1.15. The molecule has 0 radical (unpaired) electrons. The lowest BCUT2D eigenvalue weighted by molar-refractivity contribution is -0.190. The quantitative estimate of drug-likeness (QED) is 0.316. The summed E-state index contributed by atoms with van der Waals surface area (Å²) in [7, 11) is 2.09. The molecule has 2 unspecified atom stereocenters. The van der Waals surface area contributed by atoms with Crippen LogP contribution in [0.3, 0.4) is 0 Å². The predicted octanol–water partition coefficient (Wildman–Crippen LogP) is 4.59. The molecule has 3 spiro atoms. The largest absolute Gasteiger partial charge is 0.390 e. The second-order valence-corrected chi connectivity index (χ2v) is 25.1. The molecule has 14 nitrogen and oxygen atoms in total. The monoisotopic (exact) mass is 847 g/mol. The van der Waals surface area contributed by atoms with Gasteiger partial charge in [-0.3, -0.25) is 24.2 Å². The van der Waals surface area contributed by atoms with E-state index in [1.54, 1.807) is 14.7 Å². The Kier molecular flexibility index (Phi) is 10.9. The summed E-state index contributed by atoms with van der Waals surface area (Å²) in [6, 6.07) is 0. The fraction of sp³-hybridized carbons (Fsp3) is 0.935. The van der Waals surface area contributed by atoms with Crippen LogP contribution in [-0.4, -0.2) is 165 Å². The molecule has 0 aromatic rings. The summed E-state index contributed by atoms with van der Waals surface area (Å²) < 4.78 is 20.2. The number of hydrogen-bond donors (Lipinski definition) is 3. The van der Waals surface area contributed by atoms with Crippen LogP contribution in [0, 0.1) is 0 Å².